The summed E-state index contributed by atoms with van der Waals surface area (Å²) in [6.45, 7) is 7.23. The maximum Gasteiger partial charge on any atom is 0.306 e. The minimum Gasteiger partial charge on any atom is -0.456 e. The molecule has 0 aliphatic carbocycles. The lowest BCUT2D eigenvalue weighted by Crippen LogP contribution is -2.33. The molecule has 1 amide bonds. The van der Waals surface area contributed by atoms with E-state index in [-0.39, 0.29) is 30.5 Å². The molecule has 0 saturated carbocycles. The van der Waals surface area contributed by atoms with Crippen molar-refractivity contribution in [2.75, 3.05) is 6.61 Å². The Labute approximate surface area is 182 Å². The van der Waals surface area contributed by atoms with E-state index in [1.807, 2.05) is 36.4 Å². The van der Waals surface area contributed by atoms with Gasteiger partial charge in [-0.2, -0.15) is 5.26 Å². The lowest BCUT2D eigenvalue weighted by molar-refractivity contribution is -0.148. The van der Waals surface area contributed by atoms with Gasteiger partial charge in [0.05, 0.1) is 6.04 Å². The number of carbonyl (C=O) groups is 2. The van der Waals surface area contributed by atoms with Crippen LogP contribution in [-0.2, 0) is 20.7 Å². The second-order valence-corrected chi connectivity index (χ2v) is 7.99. The van der Waals surface area contributed by atoms with E-state index in [4.69, 9.17) is 10.00 Å². The minimum atomic E-state index is -0.515. The van der Waals surface area contributed by atoms with Gasteiger partial charge in [-0.05, 0) is 49.3 Å². The molecule has 1 aromatic carbocycles. The van der Waals surface area contributed by atoms with Crippen LogP contribution in [0.2, 0.25) is 0 Å². The number of ether oxygens (including phenoxy) is 1. The fraction of sp³-hybridized carbons (Fsp3) is 0.417. The molecule has 0 aliphatic heterocycles. The summed E-state index contributed by atoms with van der Waals surface area (Å²) in [5.74, 6) is -0.486. The van der Waals surface area contributed by atoms with E-state index in [2.05, 4.69) is 24.1 Å². The maximum atomic E-state index is 12.4. The van der Waals surface area contributed by atoms with Gasteiger partial charge in [0.2, 0.25) is 0 Å². The largest absolute Gasteiger partial charge is 0.456 e. The third-order valence-electron chi connectivity index (χ3n) is 5.11. The Morgan fingerprint density at radius 3 is 2.48 bits per heavy atom. The molecule has 0 radical (unpaired) electrons. The van der Waals surface area contributed by atoms with Crippen LogP contribution in [0, 0.1) is 31.1 Å². The van der Waals surface area contributed by atoms with Crippen LogP contribution in [0.3, 0.4) is 0 Å². The van der Waals surface area contributed by atoms with Crippen LogP contribution in [0.4, 0.5) is 0 Å². The number of rotatable bonds is 9. The fourth-order valence-corrected chi connectivity index (χ4v) is 3.54. The summed E-state index contributed by atoms with van der Waals surface area (Å²) in [5.41, 5.74) is 2.53. The van der Waals surface area contributed by atoms with Crippen molar-refractivity contribution in [1.29, 1.82) is 5.26 Å². The molecule has 7 heteroatoms. The van der Waals surface area contributed by atoms with E-state index < -0.39 is 11.5 Å². The summed E-state index contributed by atoms with van der Waals surface area (Å²) in [4.78, 5) is 38.9. The van der Waals surface area contributed by atoms with E-state index in [0.29, 0.717) is 23.6 Å². The quantitative estimate of drug-likeness (QED) is 0.601. The van der Waals surface area contributed by atoms with Gasteiger partial charge in [0.1, 0.15) is 11.6 Å². The van der Waals surface area contributed by atoms with E-state index in [0.717, 1.165) is 17.5 Å². The topological polar surface area (TPSA) is 112 Å². The predicted octanol–water partition coefficient (Wildman–Crippen LogP) is 3.24. The molecule has 0 spiro atoms. The van der Waals surface area contributed by atoms with Crippen molar-refractivity contribution in [2.45, 2.75) is 53.0 Å². The Hall–Kier alpha value is -3.40. The molecule has 1 aromatic heterocycles. The number of carbonyl (C=O) groups excluding carboxylic acids is 2. The van der Waals surface area contributed by atoms with Crippen LogP contribution >= 0.6 is 0 Å². The normalized spacial score (nSPS) is 11.6. The van der Waals surface area contributed by atoms with Gasteiger partial charge in [0.25, 0.3) is 11.5 Å². The van der Waals surface area contributed by atoms with Crippen molar-refractivity contribution in [3.8, 4) is 6.07 Å². The average molecular weight is 424 g/mol. The van der Waals surface area contributed by atoms with Gasteiger partial charge in [-0.15, -0.1) is 0 Å². The van der Waals surface area contributed by atoms with Gasteiger partial charge in [0.15, 0.2) is 6.61 Å². The molecule has 1 atom stereocenters. The highest BCUT2D eigenvalue weighted by atomic mass is 16.5. The first-order chi connectivity index (χ1) is 14.7. The minimum absolute atomic E-state index is 0.0416. The molecule has 0 unspecified atom stereocenters. The summed E-state index contributed by atoms with van der Waals surface area (Å²) in [6.07, 6.45) is 1.12. The van der Waals surface area contributed by atoms with Crippen LogP contribution in [0.25, 0.3) is 0 Å². The van der Waals surface area contributed by atoms with Crippen molar-refractivity contribution in [3.63, 3.8) is 0 Å². The second kappa shape index (κ2) is 11.1. The standard InChI is InChI=1S/C24H29N3O4/c1-15(2)12-21(18-8-6-5-7-9-18)27-22(28)14-31-23(29)11-10-19-16(3)20(13-25)24(30)26-17(19)4/h5-9,15,21H,10-12,14H2,1-4H3,(H,26,30)(H,27,28)/t21-/m0/s1. The second-order valence-electron chi connectivity index (χ2n) is 7.99. The van der Waals surface area contributed by atoms with E-state index in [1.54, 1.807) is 13.8 Å². The Morgan fingerprint density at radius 1 is 1.19 bits per heavy atom. The van der Waals surface area contributed by atoms with E-state index >= 15 is 0 Å². The summed E-state index contributed by atoms with van der Waals surface area (Å²) in [5, 5.41) is 12.1. The first kappa shape index (κ1) is 23.9. The number of pyridine rings is 1. The van der Waals surface area contributed by atoms with Crippen molar-refractivity contribution in [3.05, 3.63) is 68.6 Å². The molecular weight excluding hydrogens is 394 g/mol. The van der Waals surface area contributed by atoms with Crippen LogP contribution < -0.4 is 10.9 Å². The number of H-pyrrole nitrogens is 1. The summed E-state index contributed by atoms with van der Waals surface area (Å²) in [6, 6.07) is 11.4. The Bertz CT molecular complexity index is 1020. The van der Waals surface area contributed by atoms with E-state index in [9.17, 15) is 14.4 Å². The van der Waals surface area contributed by atoms with Gasteiger partial charge < -0.3 is 15.0 Å². The third kappa shape index (κ3) is 6.82. The number of nitriles is 1. The van der Waals surface area contributed by atoms with Crippen molar-refractivity contribution >= 4 is 11.9 Å². The summed E-state index contributed by atoms with van der Waals surface area (Å²) < 4.78 is 5.14. The summed E-state index contributed by atoms with van der Waals surface area (Å²) >= 11 is 0. The number of amides is 1. The van der Waals surface area contributed by atoms with Crippen molar-refractivity contribution in [1.82, 2.24) is 10.3 Å². The van der Waals surface area contributed by atoms with Gasteiger partial charge in [-0.3, -0.25) is 14.4 Å². The Morgan fingerprint density at radius 2 is 1.87 bits per heavy atom. The number of benzene rings is 1. The number of nitrogens with one attached hydrogen (secondary N) is 2. The lowest BCUT2D eigenvalue weighted by Gasteiger charge is -2.21. The van der Waals surface area contributed by atoms with Crippen LogP contribution in [-0.4, -0.2) is 23.5 Å². The molecule has 7 nitrogen and oxygen atoms in total. The number of aromatic nitrogens is 1. The number of nitrogens with zero attached hydrogens (tertiary/aromatic N) is 1. The SMILES string of the molecule is Cc1[nH]c(=O)c(C#N)c(C)c1CCC(=O)OCC(=O)N[C@@H](CC(C)C)c1ccccc1. The zero-order valence-electron chi connectivity index (χ0n) is 18.5. The van der Waals surface area contributed by atoms with Gasteiger partial charge in [0, 0.05) is 12.1 Å². The first-order valence-electron chi connectivity index (χ1n) is 10.3. The van der Waals surface area contributed by atoms with Gasteiger partial charge >= 0.3 is 5.97 Å². The van der Waals surface area contributed by atoms with Crippen LogP contribution in [0.1, 0.15) is 60.7 Å². The zero-order valence-corrected chi connectivity index (χ0v) is 18.5. The Kier molecular flexibility index (Phi) is 8.56. The molecule has 0 saturated heterocycles. The highest BCUT2D eigenvalue weighted by Crippen LogP contribution is 2.21. The number of hydrogen-bond donors (Lipinski definition) is 2. The average Bonchev–Trinajstić information content (AvgIpc) is 2.72. The molecule has 2 aromatic rings. The number of aromatic amines is 1. The van der Waals surface area contributed by atoms with Crippen molar-refractivity contribution < 1.29 is 14.3 Å². The zero-order chi connectivity index (χ0) is 23.0. The lowest BCUT2D eigenvalue weighted by atomic mass is 9.97. The molecule has 0 bridgehead atoms. The monoisotopic (exact) mass is 423 g/mol. The Balaban J connectivity index is 1.92. The van der Waals surface area contributed by atoms with Gasteiger partial charge in [-0.1, -0.05) is 44.2 Å². The number of hydrogen-bond acceptors (Lipinski definition) is 5. The molecule has 0 aliphatic rings. The number of aryl methyl sites for hydroxylation is 1. The molecule has 2 rings (SSSR count). The number of esters is 1. The molecule has 2 N–H and O–H groups in total. The molecular formula is C24H29N3O4. The summed E-state index contributed by atoms with van der Waals surface area (Å²) in [7, 11) is 0. The van der Waals surface area contributed by atoms with Gasteiger partial charge in [-0.25, -0.2) is 0 Å². The highest BCUT2D eigenvalue weighted by Gasteiger charge is 2.18. The van der Waals surface area contributed by atoms with Crippen LogP contribution in [0.5, 0.6) is 0 Å². The smallest absolute Gasteiger partial charge is 0.306 e. The van der Waals surface area contributed by atoms with Crippen LogP contribution in [0.15, 0.2) is 35.1 Å². The molecule has 1 heterocycles. The van der Waals surface area contributed by atoms with E-state index in [1.165, 1.54) is 0 Å². The first-order valence-corrected chi connectivity index (χ1v) is 10.3. The molecule has 164 valence electrons. The maximum absolute atomic E-state index is 12.4. The fourth-order valence-electron chi connectivity index (χ4n) is 3.54. The highest BCUT2D eigenvalue weighted by molar-refractivity contribution is 5.81. The third-order valence-corrected chi connectivity index (χ3v) is 5.11. The predicted molar refractivity (Wildman–Crippen MR) is 117 cm³/mol. The molecule has 0 fully saturated rings. The molecule has 31 heavy (non-hydrogen) atoms. The van der Waals surface area contributed by atoms with Crippen molar-refractivity contribution in [2.24, 2.45) is 5.92 Å².